The molecule has 0 N–H and O–H groups in total. The van der Waals surface area contributed by atoms with Gasteiger partial charge in [-0.1, -0.05) is 219 Å². The van der Waals surface area contributed by atoms with Crippen molar-refractivity contribution in [2.75, 3.05) is 16.5 Å². The van der Waals surface area contributed by atoms with E-state index in [-0.39, 0.29) is 28.4 Å². The molecule has 0 saturated carbocycles. The van der Waals surface area contributed by atoms with E-state index in [9.17, 15) is 0 Å². The van der Waals surface area contributed by atoms with Gasteiger partial charge in [0.25, 0.3) is 0 Å². The van der Waals surface area contributed by atoms with E-state index in [0.29, 0.717) is 6.67 Å². The van der Waals surface area contributed by atoms with Crippen LogP contribution in [0.1, 0.15) is 103 Å². The molecule has 1 aliphatic heterocycles. The van der Waals surface area contributed by atoms with E-state index >= 15 is 0 Å². The molecule has 0 amide bonds. The molecule has 0 fully saturated rings. The summed E-state index contributed by atoms with van der Waals surface area (Å²) in [6, 6.07) is 67.8. The average molecular weight is 901 g/mol. The summed E-state index contributed by atoms with van der Waals surface area (Å²) in [5.41, 5.74) is 15.7. The summed E-state index contributed by atoms with van der Waals surface area (Å²) in [6.07, 6.45) is 6.50. The normalized spacial score (nSPS) is 13.5. The van der Waals surface area contributed by atoms with Gasteiger partial charge >= 0.3 is 0 Å². The standard InChI is InChI=1S/C64H65BN4/c1-61(2,3)47-32-33-66-60(41-47)69-58-29-21-20-28-56(58)57-31-30-52(43-59(57)69)65(51-26-18-13-19-27-51)53-37-48(62(4,5)6)38-55(42-53)68-35-34-67(44-68)54-39-49(63(7,8)45-22-14-11-15-23-45)36-50(40-54)64(9,10)46-24-16-12-17-25-46/h11-43H,44H2,1-10H3. The van der Waals surface area contributed by atoms with Crippen molar-refractivity contribution in [1.29, 1.82) is 0 Å². The van der Waals surface area contributed by atoms with Crippen molar-refractivity contribution in [3.05, 3.63) is 234 Å². The van der Waals surface area contributed by atoms with Crippen molar-refractivity contribution in [3.63, 3.8) is 0 Å². The molecule has 0 saturated heterocycles. The number of benzene rings is 7. The molecule has 0 aliphatic carbocycles. The van der Waals surface area contributed by atoms with E-state index in [0.717, 1.165) is 16.9 Å². The molecule has 344 valence electrons. The van der Waals surface area contributed by atoms with E-state index in [1.54, 1.807) is 0 Å². The Kier molecular flexibility index (Phi) is 11.5. The highest BCUT2D eigenvalue weighted by Gasteiger charge is 2.32. The minimum absolute atomic E-state index is 0.0110. The lowest BCUT2D eigenvalue weighted by molar-refractivity contribution is 0.588. The molecule has 2 aromatic heterocycles. The van der Waals surface area contributed by atoms with Gasteiger partial charge in [-0.3, -0.25) is 4.57 Å². The molecular weight excluding hydrogens is 836 g/mol. The highest BCUT2D eigenvalue weighted by atomic mass is 15.3. The summed E-state index contributed by atoms with van der Waals surface area (Å²) >= 11 is 0. The Morgan fingerprint density at radius 3 is 1.51 bits per heavy atom. The Bertz CT molecular complexity index is 3260. The molecule has 7 aromatic carbocycles. The first-order valence-corrected chi connectivity index (χ1v) is 24.7. The Hall–Kier alpha value is -7.11. The molecule has 9 aromatic rings. The fourth-order valence-electron chi connectivity index (χ4n) is 10.3. The Morgan fingerprint density at radius 2 is 0.913 bits per heavy atom. The van der Waals surface area contributed by atoms with Gasteiger partial charge in [-0.25, -0.2) is 4.98 Å². The Balaban J connectivity index is 1.08. The molecule has 3 heterocycles. The molecule has 0 radical (unpaired) electrons. The zero-order valence-electron chi connectivity index (χ0n) is 42.1. The minimum atomic E-state index is -0.214. The number of rotatable bonds is 10. The van der Waals surface area contributed by atoms with Crippen LogP contribution in [0.15, 0.2) is 201 Å². The van der Waals surface area contributed by atoms with Gasteiger partial charge in [-0.2, -0.15) is 0 Å². The van der Waals surface area contributed by atoms with Crippen LogP contribution >= 0.6 is 0 Å². The van der Waals surface area contributed by atoms with E-state index in [4.69, 9.17) is 4.98 Å². The summed E-state index contributed by atoms with van der Waals surface area (Å²) in [7, 11) is 0. The lowest BCUT2D eigenvalue weighted by atomic mass is 9.36. The van der Waals surface area contributed by atoms with Gasteiger partial charge in [0.15, 0.2) is 0 Å². The topological polar surface area (TPSA) is 24.3 Å². The second-order valence-corrected chi connectivity index (χ2v) is 22.3. The van der Waals surface area contributed by atoms with E-state index in [1.807, 2.05) is 6.20 Å². The number of nitrogens with zero attached hydrogens (tertiary/aromatic N) is 4. The van der Waals surface area contributed by atoms with Gasteiger partial charge in [-0.15, -0.1) is 0 Å². The Morgan fingerprint density at radius 1 is 0.391 bits per heavy atom. The van der Waals surface area contributed by atoms with Gasteiger partial charge < -0.3 is 9.80 Å². The van der Waals surface area contributed by atoms with Crippen molar-refractivity contribution in [1.82, 2.24) is 9.55 Å². The van der Waals surface area contributed by atoms with Crippen LogP contribution in [0.25, 0.3) is 27.6 Å². The van der Waals surface area contributed by atoms with E-state index in [2.05, 4.69) is 278 Å². The number of hydrogen-bond donors (Lipinski definition) is 0. The summed E-state index contributed by atoms with van der Waals surface area (Å²) in [4.78, 5) is 9.86. The number of fused-ring (bicyclic) bond motifs is 3. The van der Waals surface area contributed by atoms with Crippen LogP contribution in [0.2, 0.25) is 0 Å². The van der Waals surface area contributed by atoms with Crippen LogP contribution in [-0.2, 0) is 21.7 Å². The van der Waals surface area contributed by atoms with Crippen LogP contribution in [0.5, 0.6) is 0 Å². The molecule has 4 nitrogen and oxygen atoms in total. The first-order valence-electron chi connectivity index (χ1n) is 24.7. The van der Waals surface area contributed by atoms with Crippen LogP contribution in [0, 0.1) is 0 Å². The highest BCUT2D eigenvalue weighted by molar-refractivity contribution is 6.95. The zero-order chi connectivity index (χ0) is 48.3. The molecule has 5 heteroatoms. The molecule has 1 aliphatic rings. The van der Waals surface area contributed by atoms with Crippen molar-refractivity contribution in [2.45, 2.75) is 90.9 Å². The lowest BCUT2D eigenvalue weighted by Crippen LogP contribution is -2.52. The van der Waals surface area contributed by atoms with E-state index in [1.165, 1.54) is 71.9 Å². The first-order chi connectivity index (χ1) is 33.0. The fourth-order valence-corrected chi connectivity index (χ4v) is 10.3. The monoisotopic (exact) mass is 901 g/mol. The number of anilines is 2. The summed E-state index contributed by atoms with van der Waals surface area (Å²) in [5, 5.41) is 2.45. The molecule has 10 rings (SSSR count). The molecular formula is C64H65BN4. The van der Waals surface area contributed by atoms with Gasteiger partial charge in [0.2, 0.25) is 6.71 Å². The lowest BCUT2D eigenvalue weighted by Gasteiger charge is -2.33. The van der Waals surface area contributed by atoms with Crippen LogP contribution in [0.4, 0.5) is 11.4 Å². The van der Waals surface area contributed by atoms with Gasteiger partial charge in [0.05, 0.1) is 17.7 Å². The predicted octanol–water partition coefficient (Wildman–Crippen LogP) is 13.7. The smallest absolute Gasteiger partial charge is 0.241 e. The van der Waals surface area contributed by atoms with Crippen LogP contribution in [-0.4, -0.2) is 22.9 Å². The molecule has 0 atom stereocenters. The summed E-state index contributed by atoms with van der Waals surface area (Å²) < 4.78 is 2.37. The molecule has 0 bridgehead atoms. The maximum atomic E-state index is 5.02. The number of para-hydroxylation sites is 1. The third-order valence-corrected chi connectivity index (χ3v) is 14.9. The third-order valence-electron chi connectivity index (χ3n) is 14.9. The maximum absolute atomic E-state index is 5.02. The number of pyridine rings is 1. The average Bonchev–Trinajstić information content (AvgIpc) is 3.98. The minimum Gasteiger partial charge on any atom is -0.328 e. The summed E-state index contributed by atoms with van der Waals surface area (Å²) in [5.74, 6) is 0.939. The Labute approximate surface area is 411 Å². The van der Waals surface area contributed by atoms with Crippen molar-refractivity contribution < 1.29 is 0 Å². The summed E-state index contributed by atoms with van der Waals surface area (Å²) in [6.45, 7) is 23.9. The maximum Gasteiger partial charge on any atom is 0.241 e. The van der Waals surface area contributed by atoms with Crippen LogP contribution < -0.4 is 26.2 Å². The van der Waals surface area contributed by atoms with Crippen molar-refractivity contribution in [2.24, 2.45) is 0 Å². The zero-order valence-corrected chi connectivity index (χ0v) is 42.1. The quantitative estimate of drug-likeness (QED) is 0.128. The largest absolute Gasteiger partial charge is 0.328 e. The number of hydrogen-bond acceptors (Lipinski definition) is 3. The van der Waals surface area contributed by atoms with Crippen LogP contribution in [0.3, 0.4) is 0 Å². The molecule has 69 heavy (non-hydrogen) atoms. The van der Waals surface area contributed by atoms with Crippen molar-refractivity contribution >= 4 is 56.3 Å². The highest BCUT2D eigenvalue weighted by Crippen LogP contribution is 2.41. The number of aromatic nitrogens is 2. The fraction of sp³-hybridized carbons (Fsp3) is 0.234. The molecule has 0 spiro atoms. The van der Waals surface area contributed by atoms with E-state index < -0.39 is 0 Å². The van der Waals surface area contributed by atoms with Gasteiger partial charge in [-0.05, 0) is 92.7 Å². The second-order valence-electron chi connectivity index (χ2n) is 22.3. The second kappa shape index (κ2) is 17.4. The van der Waals surface area contributed by atoms with Gasteiger partial charge in [0.1, 0.15) is 5.82 Å². The van der Waals surface area contributed by atoms with Crippen molar-refractivity contribution in [3.8, 4) is 5.82 Å². The van der Waals surface area contributed by atoms with Gasteiger partial charge in [0, 0.05) is 51.6 Å². The molecule has 0 unspecified atom stereocenters. The SMILES string of the molecule is CC(C)(C)c1cc(B(c2ccccc2)c2ccc3c4ccccc4n(-c4cc(C(C)(C)C)ccn4)c3c2)cc(N2C=CN(c3cc(C(C)(C)c4ccccc4)cc(C(C)(C)c4ccccc4)c3)C2)c1. The first kappa shape index (κ1) is 45.7. The predicted molar refractivity (Wildman–Crippen MR) is 296 cm³/mol. The third kappa shape index (κ3) is 8.69.